The highest BCUT2D eigenvalue weighted by Gasteiger charge is 2.24. The summed E-state index contributed by atoms with van der Waals surface area (Å²) in [5.41, 5.74) is 0. The highest BCUT2D eigenvalue weighted by Crippen LogP contribution is 2.23. The van der Waals surface area contributed by atoms with Gasteiger partial charge in [-0.1, -0.05) is 149 Å². The predicted octanol–water partition coefficient (Wildman–Crippen LogP) is 10.8. The summed E-state index contributed by atoms with van der Waals surface area (Å²) in [5, 5.41) is 0. The van der Waals surface area contributed by atoms with E-state index in [9.17, 15) is 0 Å². The summed E-state index contributed by atoms with van der Waals surface area (Å²) in [6.07, 6.45) is 39.6. The van der Waals surface area contributed by atoms with Gasteiger partial charge in [0.05, 0.1) is 0 Å². The van der Waals surface area contributed by atoms with E-state index in [0.717, 1.165) is 0 Å². The third kappa shape index (κ3) is 16.9. The molecule has 0 aromatic rings. The van der Waals surface area contributed by atoms with Crippen LogP contribution in [0.3, 0.4) is 0 Å². The topological polar surface area (TPSA) is 6.48 Å². The Morgan fingerprint density at radius 3 is 1.15 bits per heavy atom. The fourth-order valence-corrected chi connectivity index (χ4v) is 5.55. The fraction of sp³-hybridized carbons (Fsp3) is 0.938. The molecule has 2 heteroatoms. The Morgan fingerprint density at radius 2 is 0.735 bits per heavy atom. The number of unbranched alkanes of at least 4 members (excludes halogenated alkanes) is 20. The smallest absolute Gasteiger partial charge is 0.101 e. The van der Waals surface area contributed by atoms with E-state index in [4.69, 9.17) is 0 Å². The second-order valence-corrected chi connectivity index (χ2v) is 11.1. The Morgan fingerprint density at radius 1 is 0.382 bits per heavy atom. The molecule has 1 aliphatic heterocycles. The van der Waals surface area contributed by atoms with E-state index in [1.807, 2.05) is 0 Å². The van der Waals surface area contributed by atoms with Crippen LogP contribution in [0, 0.1) is 0 Å². The molecule has 0 aromatic heterocycles. The molecule has 1 unspecified atom stereocenters. The predicted molar refractivity (Wildman–Crippen MR) is 154 cm³/mol. The van der Waals surface area contributed by atoms with Gasteiger partial charge in [-0.05, 0) is 25.7 Å². The molecule has 0 amide bonds. The molecule has 0 radical (unpaired) electrons. The Balaban J connectivity index is 2.02. The second kappa shape index (κ2) is 24.1. The zero-order valence-electron chi connectivity index (χ0n) is 24.0. The van der Waals surface area contributed by atoms with Crippen LogP contribution >= 0.6 is 0 Å². The lowest BCUT2D eigenvalue weighted by molar-refractivity contribution is 0.137. The second-order valence-electron chi connectivity index (χ2n) is 11.1. The molecule has 0 bridgehead atoms. The van der Waals surface area contributed by atoms with Crippen LogP contribution in [0.25, 0.3) is 0 Å². The summed E-state index contributed by atoms with van der Waals surface area (Å²) in [5.74, 6) is 0. The maximum atomic E-state index is 2.66. The van der Waals surface area contributed by atoms with Crippen molar-refractivity contribution in [1.29, 1.82) is 0 Å². The van der Waals surface area contributed by atoms with Crippen molar-refractivity contribution in [2.75, 3.05) is 13.1 Å². The number of rotatable bonds is 26. The van der Waals surface area contributed by atoms with Gasteiger partial charge in [0.1, 0.15) is 6.17 Å². The van der Waals surface area contributed by atoms with E-state index in [0.29, 0.717) is 6.17 Å². The van der Waals surface area contributed by atoms with Gasteiger partial charge in [0.15, 0.2) is 0 Å². The molecule has 0 aromatic carbocycles. The van der Waals surface area contributed by atoms with E-state index < -0.39 is 0 Å². The molecular formula is C32H64N2. The van der Waals surface area contributed by atoms with Crippen molar-refractivity contribution in [3.05, 3.63) is 12.4 Å². The lowest BCUT2D eigenvalue weighted by Gasteiger charge is -2.33. The molecule has 0 aliphatic carbocycles. The normalized spacial score (nSPS) is 15.7. The van der Waals surface area contributed by atoms with E-state index in [2.05, 4.69) is 43.0 Å². The first-order valence-corrected chi connectivity index (χ1v) is 16.0. The van der Waals surface area contributed by atoms with Crippen LogP contribution in [-0.4, -0.2) is 29.1 Å². The SMILES string of the molecule is CCCCCCCCCCCCCCCCN1C=CN(CCC)C1CCCCCCCCCC. The van der Waals surface area contributed by atoms with E-state index in [-0.39, 0.29) is 0 Å². The molecule has 0 N–H and O–H groups in total. The summed E-state index contributed by atoms with van der Waals surface area (Å²) in [4.78, 5) is 5.28. The number of nitrogens with zero attached hydrogens (tertiary/aromatic N) is 2. The summed E-state index contributed by atoms with van der Waals surface area (Å²) < 4.78 is 0. The van der Waals surface area contributed by atoms with Gasteiger partial charge in [-0.2, -0.15) is 0 Å². The van der Waals surface area contributed by atoms with Gasteiger partial charge in [-0.25, -0.2) is 0 Å². The van der Waals surface area contributed by atoms with Gasteiger partial charge < -0.3 is 9.80 Å². The summed E-state index contributed by atoms with van der Waals surface area (Å²) in [6.45, 7) is 9.41. The summed E-state index contributed by atoms with van der Waals surface area (Å²) >= 11 is 0. The standard InChI is InChI=1S/C32H64N2/c1-4-7-9-11-13-15-16-17-18-19-20-22-24-26-29-34-31-30-33(28-6-3)32(34)27-25-23-21-14-12-10-8-5-2/h30-32H,4-29H2,1-3H3. The number of hydrogen-bond acceptors (Lipinski definition) is 2. The molecule has 202 valence electrons. The average molecular weight is 477 g/mol. The van der Waals surface area contributed by atoms with Crippen molar-refractivity contribution in [1.82, 2.24) is 9.80 Å². The van der Waals surface area contributed by atoms with E-state index in [1.165, 1.54) is 167 Å². The Kier molecular flexibility index (Phi) is 22.2. The van der Waals surface area contributed by atoms with Crippen LogP contribution in [0.4, 0.5) is 0 Å². The molecule has 1 heterocycles. The molecule has 1 rings (SSSR count). The molecule has 1 atom stereocenters. The Hall–Kier alpha value is -0.660. The first-order chi connectivity index (χ1) is 16.8. The van der Waals surface area contributed by atoms with Gasteiger partial charge in [-0.3, -0.25) is 0 Å². The van der Waals surface area contributed by atoms with Gasteiger partial charge in [0, 0.05) is 25.5 Å². The largest absolute Gasteiger partial charge is 0.356 e. The van der Waals surface area contributed by atoms with Crippen LogP contribution in [0.15, 0.2) is 12.4 Å². The lowest BCUT2D eigenvalue weighted by atomic mass is 10.0. The maximum Gasteiger partial charge on any atom is 0.101 e. The zero-order chi connectivity index (χ0) is 24.5. The van der Waals surface area contributed by atoms with Crippen LogP contribution in [-0.2, 0) is 0 Å². The third-order valence-electron chi connectivity index (χ3n) is 7.78. The van der Waals surface area contributed by atoms with Gasteiger partial charge in [-0.15, -0.1) is 0 Å². The highest BCUT2D eigenvalue weighted by molar-refractivity contribution is 4.96. The van der Waals surface area contributed by atoms with Gasteiger partial charge in [0.2, 0.25) is 0 Å². The number of hydrogen-bond donors (Lipinski definition) is 0. The van der Waals surface area contributed by atoms with E-state index in [1.54, 1.807) is 0 Å². The quantitative estimate of drug-likeness (QED) is 0.114. The minimum atomic E-state index is 0.641. The molecule has 34 heavy (non-hydrogen) atoms. The first-order valence-electron chi connectivity index (χ1n) is 16.0. The first kappa shape index (κ1) is 31.4. The Bertz CT molecular complexity index is 433. The summed E-state index contributed by atoms with van der Waals surface area (Å²) in [7, 11) is 0. The molecular weight excluding hydrogens is 412 g/mol. The fourth-order valence-electron chi connectivity index (χ4n) is 5.55. The van der Waals surface area contributed by atoms with Crippen molar-refractivity contribution < 1.29 is 0 Å². The van der Waals surface area contributed by atoms with Crippen molar-refractivity contribution >= 4 is 0 Å². The van der Waals surface area contributed by atoms with E-state index >= 15 is 0 Å². The average Bonchev–Trinajstić information content (AvgIpc) is 3.22. The lowest BCUT2D eigenvalue weighted by Crippen LogP contribution is -2.39. The summed E-state index contributed by atoms with van der Waals surface area (Å²) in [6, 6.07) is 0. The molecule has 2 nitrogen and oxygen atoms in total. The van der Waals surface area contributed by atoms with Crippen LogP contribution in [0.2, 0.25) is 0 Å². The molecule has 1 aliphatic rings. The van der Waals surface area contributed by atoms with Crippen molar-refractivity contribution in [3.63, 3.8) is 0 Å². The van der Waals surface area contributed by atoms with Crippen LogP contribution in [0.1, 0.15) is 175 Å². The van der Waals surface area contributed by atoms with Crippen LogP contribution in [0.5, 0.6) is 0 Å². The van der Waals surface area contributed by atoms with Crippen molar-refractivity contribution in [2.45, 2.75) is 181 Å². The maximum absolute atomic E-state index is 2.66. The zero-order valence-corrected chi connectivity index (χ0v) is 24.0. The monoisotopic (exact) mass is 477 g/mol. The van der Waals surface area contributed by atoms with Crippen molar-refractivity contribution in [2.24, 2.45) is 0 Å². The molecule has 0 spiro atoms. The van der Waals surface area contributed by atoms with Crippen molar-refractivity contribution in [3.8, 4) is 0 Å². The van der Waals surface area contributed by atoms with Gasteiger partial charge >= 0.3 is 0 Å². The van der Waals surface area contributed by atoms with Crippen LogP contribution < -0.4 is 0 Å². The highest BCUT2D eigenvalue weighted by atomic mass is 15.4. The van der Waals surface area contributed by atoms with Gasteiger partial charge in [0.25, 0.3) is 0 Å². The molecule has 0 saturated carbocycles. The molecule has 0 saturated heterocycles. The third-order valence-corrected chi connectivity index (χ3v) is 7.78. The minimum absolute atomic E-state index is 0.641. The molecule has 0 fully saturated rings. The minimum Gasteiger partial charge on any atom is -0.356 e. The Labute approximate surface area is 216 Å².